The van der Waals surface area contributed by atoms with E-state index < -0.39 is 6.04 Å². The van der Waals surface area contributed by atoms with Crippen LogP contribution in [0.3, 0.4) is 0 Å². The van der Waals surface area contributed by atoms with Gasteiger partial charge < -0.3 is 10.2 Å². The van der Waals surface area contributed by atoms with Crippen molar-refractivity contribution in [2.45, 2.75) is 32.2 Å². The lowest BCUT2D eigenvalue weighted by molar-refractivity contribution is -0.125. The molecule has 2 rings (SSSR count). The van der Waals surface area contributed by atoms with Gasteiger partial charge in [0.2, 0.25) is 11.8 Å². The van der Waals surface area contributed by atoms with Crippen molar-refractivity contribution in [3.8, 4) is 0 Å². The molecule has 0 aliphatic carbocycles. The lowest BCUT2D eigenvalue weighted by atomic mass is 10.1. The molecule has 0 spiro atoms. The van der Waals surface area contributed by atoms with Gasteiger partial charge in [-0.05, 0) is 24.6 Å². The summed E-state index contributed by atoms with van der Waals surface area (Å²) in [6.45, 7) is 2.28. The number of halogens is 2. The molecular weight excluding hydrogens is 299 g/mol. The largest absolute Gasteiger partial charge is 0.344 e. The summed E-state index contributed by atoms with van der Waals surface area (Å²) < 4.78 is 0. The Morgan fingerprint density at radius 3 is 2.80 bits per heavy atom. The minimum absolute atomic E-state index is 0.113. The van der Waals surface area contributed by atoms with Gasteiger partial charge in [0.25, 0.3) is 0 Å². The molecule has 1 atom stereocenters. The Bertz CT molecular complexity index is 534. The molecule has 4 nitrogen and oxygen atoms in total. The zero-order valence-corrected chi connectivity index (χ0v) is 12.7. The van der Waals surface area contributed by atoms with Crippen LogP contribution in [0.1, 0.15) is 26.2 Å². The maximum atomic E-state index is 12.6. The first-order valence-corrected chi connectivity index (χ1v) is 7.34. The highest BCUT2D eigenvalue weighted by molar-refractivity contribution is 6.35. The van der Waals surface area contributed by atoms with Gasteiger partial charge in [0.1, 0.15) is 6.04 Å². The van der Waals surface area contributed by atoms with E-state index in [2.05, 4.69) is 5.32 Å². The number of carbonyl (C=O) groups excluding carboxylic acids is 2. The van der Waals surface area contributed by atoms with Gasteiger partial charge >= 0.3 is 0 Å². The van der Waals surface area contributed by atoms with E-state index in [1.165, 1.54) is 0 Å². The first-order valence-electron chi connectivity index (χ1n) is 6.58. The van der Waals surface area contributed by atoms with Crippen LogP contribution in [-0.4, -0.2) is 24.4 Å². The summed E-state index contributed by atoms with van der Waals surface area (Å²) in [5.74, 6) is -0.251. The number of rotatable bonds is 3. The van der Waals surface area contributed by atoms with Crippen LogP contribution in [0.5, 0.6) is 0 Å². The van der Waals surface area contributed by atoms with E-state index in [1.807, 2.05) is 6.92 Å². The predicted molar refractivity (Wildman–Crippen MR) is 80.3 cm³/mol. The van der Waals surface area contributed by atoms with E-state index in [-0.39, 0.29) is 18.2 Å². The molecular formula is C14H16Cl2N2O2. The quantitative estimate of drug-likeness (QED) is 0.932. The zero-order valence-electron chi connectivity index (χ0n) is 11.2. The Kier molecular flexibility index (Phi) is 4.89. The molecule has 6 heteroatoms. The molecule has 1 unspecified atom stereocenters. The minimum Gasteiger partial charge on any atom is -0.344 e. The van der Waals surface area contributed by atoms with Crippen molar-refractivity contribution in [2.24, 2.45) is 0 Å². The van der Waals surface area contributed by atoms with Crippen LogP contribution in [0.25, 0.3) is 0 Å². The van der Waals surface area contributed by atoms with Crippen LogP contribution < -0.4 is 10.2 Å². The third-order valence-electron chi connectivity index (χ3n) is 3.24. The van der Waals surface area contributed by atoms with E-state index in [0.717, 1.165) is 6.42 Å². The van der Waals surface area contributed by atoms with Gasteiger partial charge in [0.05, 0.1) is 10.7 Å². The molecule has 0 radical (unpaired) electrons. The van der Waals surface area contributed by atoms with Crippen molar-refractivity contribution in [1.82, 2.24) is 5.32 Å². The number of hydrogen-bond acceptors (Lipinski definition) is 2. The molecule has 1 saturated heterocycles. The molecule has 2 amide bonds. The highest BCUT2D eigenvalue weighted by atomic mass is 35.5. The monoisotopic (exact) mass is 314 g/mol. The van der Waals surface area contributed by atoms with Crippen molar-refractivity contribution in [1.29, 1.82) is 0 Å². The molecule has 0 aromatic heterocycles. The molecule has 1 aromatic carbocycles. The Hall–Kier alpha value is -1.26. The van der Waals surface area contributed by atoms with Crippen molar-refractivity contribution in [3.05, 3.63) is 28.2 Å². The fraction of sp³-hybridized carbons (Fsp3) is 0.429. The number of benzene rings is 1. The lowest BCUT2D eigenvalue weighted by Crippen LogP contribution is -2.44. The maximum absolute atomic E-state index is 12.6. The topological polar surface area (TPSA) is 49.4 Å². The van der Waals surface area contributed by atoms with Crippen molar-refractivity contribution >= 4 is 40.7 Å². The maximum Gasteiger partial charge on any atom is 0.249 e. The average Bonchev–Trinajstić information content (AvgIpc) is 2.54. The van der Waals surface area contributed by atoms with Crippen LogP contribution in [0.2, 0.25) is 10.0 Å². The summed E-state index contributed by atoms with van der Waals surface area (Å²) in [6.07, 6.45) is 1.68. The van der Waals surface area contributed by atoms with Crippen molar-refractivity contribution in [2.75, 3.05) is 11.4 Å². The number of nitrogens with zero attached hydrogens (tertiary/aromatic N) is 1. The minimum atomic E-state index is -0.495. The van der Waals surface area contributed by atoms with E-state index in [4.69, 9.17) is 23.2 Å². The third-order valence-corrected chi connectivity index (χ3v) is 3.79. The fourth-order valence-corrected chi connectivity index (χ4v) is 2.64. The van der Waals surface area contributed by atoms with Gasteiger partial charge in [-0.2, -0.15) is 0 Å². The molecule has 108 valence electrons. The average molecular weight is 315 g/mol. The molecule has 1 heterocycles. The summed E-state index contributed by atoms with van der Waals surface area (Å²) >= 11 is 12.1. The fourth-order valence-electron chi connectivity index (χ4n) is 2.26. The number of amides is 2. The molecule has 1 aliphatic heterocycles. The summed E-state index contributed by atoms with van der Waals surface area (Å²) in [4.78, 5) is 25.8. The normalized spacial score (nSPS) is 19.8. The Labute approximate surface area is 128 Å². The highest BCUT2D eigenvalue weighted by Gasteiger charge is 2.30. The van der Waals surface area contributed by atoms with E-state index in [9.17, 15) is 9.59 Å². The van der Waals surface area contributed by atoms with Gasteiger partial charge in [0, 0.05) is 18.0 Å². The third kappa shape index (κ3) is 3.25. The Morgan fingerprint density at radius 1 is 1.35 bits per heavy atom. The van der Waals surface area contributed by atoms with Crippen LogP contribution >= 0.6 is 23.2 Å². The van der Waals surface area contributed by atoms with Crippen LogP contribution in [0.15, 0.2) is 18.2 Å². The van der Waals surface area contributed by atoms with Crippen LogP contribution in [0.4, 0.5) is 5.69 Å². The molecule has 1 aromatic rings. The second-order valence-corrected chi connectivity index (χ2v) is 5.59. The van der Waals surface area contributed by atoms with Crippen molar-refractivity contribution in [3.63, 3.8) is 0 Å². The van der Waals surface area contributed by atoms with Crippen LogP contribution in [0, 0.1) is 0 Å². The Morgan fingerprint density at radius 2 is 2.10 bits per heavy atom. The molecule has 0 bridgehead atoms. The number of nitrogens with one attached hydrogen (secondary N) is 1. The molecule has 1 N–H and O–H groups in total. The number of carbonyl (C=O) groups is 2. The molecule has 0 saturated carbocycles. The second kappa shape index (κ2) is 6.46. The van der Waals surface area contributed by atoms with Gasteiger partial charge in [-0.1, -0.05) is 36.5 Å². The Balaban J connectivity index is 2.35. The van der Waals surface area contributed by atoms with E-state index in [0.29, 0.717) is 28.7 Å². The first-order chi connectivity index (χ1) is 9.52. The number of anilines is 1. The predicted octanol–water partition coefficient (Wildman–Crippen LogP) is 3.02. The van der Waals surface area contributed by atoms with E-state index >= 15 is 0 Å². The highest BCUT2D eigenvalue weighted by Crippen LogP contribution is 2.30. The van der Waals surface area contributed by atoms with Gasteiger partial charge in [-0.3, -0.25) is 9.59 Å². The van der Waals surface area contributed by atoms with Gasteiger partial charge in [-0.25, -0.2) is 0 Å². The first kappa shape index (κ1) is 15.1. The summed E-state index contributed by atoms with van der Waals surface area (Å²) in [6, 6.07) is 4.48. The number of hydrogen-bond donors (Lipinski definition) is 1. The summed E-state index contributed by atoms with van der Waals surface area (Å²) in [7, 11) is 0. The van der Waals surface area contributed by atoms with Crippen LogP contribution in [-0.2, 0) is 9.59 Å². The second-order valence-electron chi connectivity index (χ2n) is 4.74. The smallest absolute Gasteiger partial charge is 0.249 e. The molecule has 20 heavy (non-hydrogen) atoms. The molecule has 1 aliphatic rings. The summed E-state index contributed by atoms with van der Waals surface area (Å²) in [5, 5.41) is 3.72. The standard InChI is InChI=1S/C14H16Cl2N2O2/c1-2-3-11-14(20)18(7-6-13(19)17-11)12-8-9(15)4-5-10(12)16/h4-5,8,11H,2-3,6-7H2,1H3,(H,17,19). The SMILES string of the molecule is CCCC1NC(=O)CCN(c2cc(Cl)ccc2Cl)C1=O. The van der Waals surface area contributed by atoms with E-state index in [1.54, 1.807) is 23.1 Å². The lowest BCUT2D eigenvalue weighted by Gasteiger charge is -2.25. The van der Waals surface area contributed by atoms with Crippen molar-refractivity contribution < 1.29 is 9.59 Å². The van der Waals surface area contributed by atoms with Gasteiger partial charge in [-0.15, -0.1) is 0 Å². The zero-order chi connectivity index (χ0) is 14.7. The van der Waals surface area contributed by atoms with Gasteiger partial charge in [0.15, 0.2) is 0 Å². The summed E-state index contributed by atoms with van der Waals surface area (Å²) in [5.41, 5.74) is 0.557. The molecule has 1 fully saturated rings.